The number of alkyl halides is 3. The lowest BCUT2D eigenvalue weighted by Gasteiger charge is -2.22. The summed E-state index contributed by atoms with van der Waals surface area (Å²) in [6, 6.07) is -1.34. The van der Waals surface area contributed by atoms with Gasteiger partial charge in [0.25, 0.3) is 0 Å². The van der Waals surface area contributed by atoms with Crippen LogP contribution in [-0.4, -0.2) is 29.6 Å². The predicted octanol–water partition coefficient (Wildman–Crippen LogP) is -0.600. The van der Waals surface area contributed by atoms with E-state index in [1.165, 1.54) is 0 Å². The third-order valence-electron chi connectivity index (χ3n) is 2.41. The van der Waals surface area contributed by atoms with Crippen LogP contribution >= 0.6 is 0 Å². The number of halogens is 3. The zero-order chi connectivity index (χ0) is 12.6. The Morgan fingerprint density at radius 1 is 1.38 bits per heavy atom. The van der Waals surface area contributed by atoms with Crippen molar-refractivity contribution in [3.63, 3.8) is 0 Å². The van der Waals surface area contributed by atoms with Crippen LogP contribution in [0.1, 0.15) is 19.3 Å². The van der Waals surface area contributed by atoms with Crippen molar-refractivity contribution in [3.05, 3.63) is 0 Å². The van der Waals surface area contributed by atoms with Gasteiger partial charge in [-0.1, -0.05) is 0 Å². The minimum Gasteiger partial charge on any atom is -0.370 e. The maximum Gasteiger partial charge on any atom is 0.411 e. The van der Waals surface area contributed by atoms with Gasteiger partial charge >= 0.3 is 6.18 Å². The molecule has 0 saturated heterocycles. The first-order chi connectivity index (χ1) is 7.18. The van der Waals surface area contributed by atoms with Gasteiger partial charge in [0.15, 0.2) is 0 Å². The summed E-state index contributed by atoms with van der Waals surface area (Å²) in [5.74, 6) is -1.84. The van der Waals surface area contributed by atoms with E-state index < -0.39 is 36.0 Å². The summed E-state index contributed by atoms with van der Waals surface area (Å²) in [7, 11) is 0. The molecule has 1 aliphatic rings. The second-order valence-electron chi connectivity index (χ2n) is 3.85. The molecule has 1 saturated carbocycles. The first-order valence-electron chi connectivity index (χ1n) is 4.60. The molecule has 0 bridgehead atoms. The summed E-state index contributed by atoms with van der Waals surface area (Å²) in [5, 5.41) is 1.82. The first kappa shape index (κ1) is 12.8. The first-order valence-corrected chi connectivity index (χ1v) is 4.60. The van der Waals surface area contributed by atoms with Gasteiger partial charge < -0.3 is 16.8 Å². The van der Waals surface area contributed by atoms with Crippen LogP contribution < -0.4 is 16.8 Å². The fourth-order valence-electron chi connectivity index (χ4n) is 1.24. The standard InChI is InChI=1S/C8H12F3N3O2/c9-8(10,11)7(1-2-7)14-6(16)4(12)3-5(13)15/h4H,1-3,12H2,(H2,13,15)(H,14,16). The maximum absolute atomic E-state index is 12.4. The maximum atomic E-state index is 12.4. The van der Waals surface area contributed by atoms with Crippen molar-refractivity contribution >= 4 is 11.8 Å². The van der Waals surface area contributed by atoms with Crippen molar-refractivity contribution in [2.24, 2.45) is 11.5 Å². The van der Waals surface area contributed by atoms with Crippen LogP contribution in [0, 0.1) is 0 Å². The summed E-state index contributed by atoms with van der Waals surface area (Å²) >= 11 is 0. The zero-order valence-corrected chi connectivity index (χ0v) is 8.30. The van der Waals surface area contributed by atoms with E-state index in [4.69, 9.17) is 11.5 Å². The van der Waals surface area contributed by atoms with Crippen LogP contribution in [0.5, 0.6) is 0 Å². The fourth-order valence-corrected chi connectivity index (χ4v) is 1.24. The third-order valence-corrected chi connectivity index (χ3v) is 2.41. The molecule has 0 radical (unpaired) electrons. The Bertz CT molecular complexity index is 312. The minimum absolute atomic E-state index is 0.161. The molecule has 1 aliphatic carbocycles. The number of primary amides is 1. The molecule has 5 N–H and O–H groups in total. The molecule has 0 aromatic rings. The number of carbonyl (C=O) groups is 2. The Hall–Kier alpha value is -1.31. The average molecular weight is 239 g/mol. The molecule has 1 rings (SSSR count). The quantitative estimate of drug-likeness (QED) is 0.611. The molecule has 5 nitrogen and oxygen atoms in total. The van der Waals surface area contributed by atoms with E-state index in [0.29, 0.717) is 0 Å². The Morgan fingerprint density at radius 3 is 2.19 bits per heavy atom. The van der Waals surface area contributed by atoms with E-state index in [-0.39, 0.29) is 12.8 Å². The molecule has 1 unspecified atom stereocenters. The van der Waals surface area contributed by atoms with Crippen molar-refractivity contribution in [3.8, 4) is 0 Å². The van der Waals surface area contributed by atoms with E-state index in [2.05, 4.69) is 0 Å². The van der Waals surface area contributed by atoms with Crippen LogP contribution in [0.15, 0.2) is 0 Å². The largest absolute Gasteiger partial charge is 0.411 e. The van der Waals surface area contributed by atoms with Gasteiger partial charge in [0.1, 0.15) is 5.54 Å². The monoisotopic (exact) mass is 239 g/mol. The van der Waals surface area contributed by atoms with Gasteiger partial charge in [0, 0.05) is 0 Å². The highest BCUT2D eigenvalue weighted by molar-refractivity contribution is 5.88. The Kier molecular flexibility index (Phi) is 3.13. The Balaban J connectivity index is 2.55. The Labute approximate surface area is 89.3 Å². The van der Waals surface area contributed by atoms with Gasteiger partial charge in [-0.3, -0.25) is 9.59 Å². The highest BCUT2D eigenvalue weighted by atomic mass is 19.4. The number of nitrogens with two attached hydrogens (primary N) is 2. The average Bonchev–Trinajstić information content (AvgIpc) is 2.82. The molecule has 92 valence electrons. The van der Waals surface area contributed by atoms with Crippen molar-refractivity contribution in [2.75, 3.05) is 0 Å². The number of hydrogen-bond donors (Lipinski definition) is 3. The van der Waals surface area contributed by atoms with Crippen LogP contribution in [0.25, 0.3) is 0 Å². The second kappa shape index (κ2) is 3.93. The summed E-state index contributed by atoms with van der Waals surface area (Å²) < 4.78 is 37.3. The van der Waals surface area contributed by atoms with Crippen molar-refractivity contribution in [2.45, 2.75) is 37.0 Å². The van der Waals surface area contributed by atoms with Gasteiger partial charge in [-0.05, 0) is 12.8 Å². The lowest BCUT2D eigenvalue weighted by atomic mass is 10.1. The van der Waals surface area contributed by atoms with Gasteiger partial charge in [-0.25, -0.2) is 0 Å². The van der Waals surface area contributed by atoms with Gasteiger partial charge in [-0.2, -0.15) is 13.2 Å². The molecule has 0 spiro atoms. The van der Waals surface area contributed by atoms with E-state index in [1.54, 1.807) is 0 Å². The molecule has 16 heavy (non-hydrogen) atoms. The van der Waals surface area contributed by atoms with Crippen molar-refractivity contribution in [1.82, 2.24) is 5.32 Å². The zero-order valence-electron chi connectivity index (χ0n) is 8.30. The van der Waals surface area contributed by atoms with Crippen LogP contribution in [0.2, 0.25) is 0 Å². The summed E-state index contributed by atoms with van der Waals surface area (Å²) in [4.78, 5) is 21.7. The molecule has 2 amide bonds. The van der Waals surface area contributed by atoms with Gasteiger partial charge in [0.2, 0.25) is 11.8 Å². The summed E-state index contributed by atoms with van der Waals surface area (Å²) in [6.45, 7) is 0. The summed E-state index contributed by atoms with van der Waals surface area (Å²) in [5.41, 5.74) is 7.84. The van der Waals surface area contributed by atoms with E-state index in [0.717, 1.165) is 0 Å². The number of rotatable bonds is 4. The lowest BCUT2D eigenvalue weighted by molar-refractivity contribution is -0.170. The molecule has 0 aliphatic heterocycles. The van der Waals surface area contributed by atoms with Crippen molar-refractivity contribution < 1.29 is 22.8 Å². The highest BCUT2D eigenvalue weighted by Crippen LogP contribution is 2.48. The number of amides is 2. The van der Waals surface area contributed by atoms with Crippen LogP contribution in [0.4, 0.5) is 13.2 Å². The van der Waals surface area contributed by atoms with E-state index >= 15 is 0 Å². The molecule has 1 atom stereocenters. The van der Waals surface area contributed by atoms with Gasteiger partial charge in [0.05, 0.1) is 12.5 Å². The van der Waals surface area contributed by atoms with Crippen molar-refractivity contribution in [1.29, 1.82) is 0 Å². The van der Waals surface area contributed by atoms with Crippen LogP contribution in [0.3, 0.4) is 0 Å². The molecular weight excluding hydrogens is 227 g/mol. The fraction of sp³-hybridized carbons (Fsp3) is 0.750. The van der Waals surface area contributed by atoms with E-state index in [9.17, 15) is 22.8 Å². The molecule has 8 heteroatoms. The van der Waals surface area contributed by atoms with Gasteiger partial charge in [-0.15, -0.1) is 0 Å². The topological polar surface area (TPSA) is 98.2 Å². The predicted molar refractivity (Wildman–Crippen MR) is 47.9 cm³/mol. The minimum atomic E-state index is -4.49. The number of nitrogens with one attached hydrogen (secondary N) is 1. The third kappa shape index (κ3) is 2.63. The SMILES string of the molecule is NC(=O)CC(N)C(=O)NC1(C(F)(F)F)CC1. The van der Waals surface area contributed by atoms with Crippen LogP contribution in [-0.2, 0) is 9.59 Å². The van der Waals surface area contributed by atoms with E-state index in [1.807, 2.05) is 5.32 Å². The number of carbonyl (C=O) groups excluding carboxylic acids is 2. The Morgan fingerprint density at radius 2 is 1.88 bits per heavy atom. The molecular formula is C8H12F3N3O2. The molecule has 0 aromatic carbocycles. The highest BCUT2D eigenvalue weighted by Gasteiger charge is 2.64. The summed E-state index contributed by atoms with van der Waals surface area (Å²) in [6.07, 6.45) is -5.29. The molecule has 0 heterocycles. The lowest BCUT2D eigenvalue weighted by Crippen LogP contribution is -2.53. The number of hydrogen-bond acceptors (Lipinski definition) is 3. The molecule has 1 fully saturated rings. The molecule has 0 aromatic heterocycles. The second-order valence-corrected chi connectivity index (χ2v) is 3.85. The normalized spacial score (nSPS) is 20.0. The smallest absolute Gasteiger partial charge is 0.370 e.